The number of ether oxygens (including phenoxy) is 1. The van der Waals surface area contributed by atoms with Crippen LogP contribution in [-0.2, 0) is 0 Å². The Bertz CT molecular complexity index is 370. The Morgan fingerprint density at radius 2 is 2.21 bits per heavy atom. The van der Waals surface area contributed by atoms with Gasteiger partial charge in [0.25, 0.3) is 0 Å². The van der Waals surface area contributed by atoms with Crippen LogP contribution < -0.4 is 4.74 Å². The summed E-state index contributed by atoms with van der Waals surface area (Å²) in [5.74, 6) is -0.0702. The third-order valence-electron chi connectivity index (χ3n) is 2.39. The fourth-order valence-corrected chi connectivity index (χ4v) is 1.39. The van der Waals surface area contributed by atoms with Gasteiger partial charge in [-0.2, -0.15) is 0 Å². The lowest BCUT2D eigenvalue weighted by Crippen LogP contribution is -2.04. The molecule has 0 radical (unpaired) electrons. The number of carbonyl (C=O) groups excluding carboxylic acids is 1. The number of hydrogen-bond donors (Lipinski definition) is 0. The average molecular weight is 194 g/mol. The Balaban J connectivity index is 2.29. The van der Waals surface area contributed by atoms with Crippen molar-refractivity contribution in [3.63, 3.8) is 0 Å². The summed E-state index contributed by atoms with van der Waals surface area (Å²) in [6, 6.07) is 4.35. The molecule has 0 N–H and O–H groups in total. The predicted octanol–water partition coefficient (Wildman–Crippen LogP) is 2.43. The molecule has 3 heteroatoms. The number of ketones is 1. The fourth-order valence-electron chi connectivity index (χ4n) is 1.39. The molecule has 2 rings (SSSR count). The second-order valence-electron chi connectivity index (χ2n) is 3.48. The van der Waals surface area contributed by atoms with E-state index in [1.807, 2.05) is 0 Å². The van der Waals surface area contributed by atoms with E-state index in [0.29, 0.717) is 5.75 Å². The summed E-state index contributed by atoms with van der Waals surface area (Å²) in [6.07, 6.45) is 1.79. The summed E-state index contributed by atoms with van der Waals surface area (Å²) in [7, 11) is 1.47. The Kier molecular flexibility index (Phi) is 2.23. The van der Waals surface area contributed by atoms with Crippen LogP contribution in [0.3, 0.4) is 0 Å². The second kappa shape index (κ2) is 3.40. The molecule has 1 fully saturated rings. The van der Waals surface area contributed by atoms with Crippen LogP contribution in [0.5, 0.6) is 5.75 Å². The van der Waals surface area contributed by atoms with E-state index in [1.165, 1.54) is 19.2 Å². The van der Waals surface area contributed by atoms with Crippen molar-refractivity contribution in [3.8, 4) is 5.75 Å². The minimum Gasteiger partial charge on any atom is -0.497 e. The van der Waals surface area contributed by atoms with Crippen molar-refractivity contribution in [3.05, 3.63) is 29.6 Å². The first kappa shape index (κ1) is 9.19. The van der Waals surface area contributed by atoms with E-state index in [-0.39, 0.29) is 17.3 Å². The highest BCUT2D eigenvalue weighted by Gasteiger charge is 2.31. The van der Waals surface area contributed by atoms with E-state index in [4.69, 9.17) is 4.74 Å². The average Bonchev–Trinajstić information content (AvgIpc) is 3.00. The van der Waals surface area contributed by atoms with Crippen LogP contribution in [0, 0.1) is 11.7 Å². The monoisotopic (exact) mass is 194 g/mol. The molecule has 0 atom stereocenters. The maximum Gasteiger partial charge on any atom is 0.168 e. The van der Waals surface area contributed by atoms with Crippen LogP contribution >= 0.6 is 0 Å². The zero-order chi connectivity index (χ0) is 10.1. The third kappa shape index (κ3) is 1.62. The molecule has 0 bridgehead atoms. The standard InChI is InChI=1S/C11H11FO2/c1-14-8-4-5-9(10(12)6-8)11(13)7-2-3-7/h4-7H,2-3H2,1H3. The summed E-state index contributed by atoms with van der Waals surface area (Å²) in [5, 5.41) is 0. The molecule has 1 aromatic carbocycles. The summed E-state index contributed by atoms with van der Waals surface area (Å²) in [5.41, 5.74) is 0.188. The van der Waals surface area contributed by atoms with Crippen molar-refractivity contribution in [1.82, 2.24) is 0 Å². The molecule has 0 aliphatic heterocycles. The molecule has 2 nitrogen and oxygen atoms in total. The van der Waals surface area contributed by atoms with Gasteiger partial charge in [0, 0.05) is 12.0 Å². The second-order valence-corrected chi connectivity index (χ2v) is 3.48. The molecule has 0 spiro atoms. The number of benzene rings is 1. The number of carbonyl (C=O) groups is 1. The number of halogens is 1. The van der Waals surface area contributed by atoms with Gasteiger partial charge in [-0.05, 0) is 25.0 Å². The van der Waals surface area contributed by atoms with Gasteiger partial charge in [0.2, 0.25) is 0 Å². The van der Waals surface area contributed by atoms with Gasteiger partial charge in [0.15, 0.2) is 5.78 Å². The Morgan fingerprint density at radius 1 is 1.50 bits per heavy atom. The van der Waals surface area contributed by atoms with Crippen LogP contribution in [0.2, 0.25) is 0 Å². The summed E-state index contributed by atoms with van der Waals surface area (Å²) in [6.45, 7) is 0. The molecule has 1 aliphatic rings. The van der Waals surface area contributed by atoms with E-state index in [2.05, 4.69) is 0 Å². The quantitative estimate of drug-likeness (QED) is 0.691. The van der Waals surface area contributed by atoms with Crippen LogP contribution in [-0.4, -0.2) is 12.9 Å². The molecule has 0 unspecified atom stereocenters. The first-order valence-electron chi connectivity index (χ1n) is 4.60. The molecular formula is C11H11FO2. The largest absolute Gasteiger partial charge is 0.497 e. The van der Waals surface area contributed by atoms with Crippen molar-refractivity contribution in [2.45, 2.75) is 12.8 Å². The minimum absolute atomic E-state index is 0.0536. The van der Waals surface area contributed by atoms with E-state index < -0.39 is 5.82 Å². The molecule has 1 aliphatic carbocycles. The highest BCUT2D eigenvalue weighted by atomic mass is 19.1. The number of Topliss-reactive ketones (excluding diaryl/α,β-unsaturated/α-hetero) is 1. The van der Waals surface area contributed by atoms with Crippen molar-refractivity contribution >= 4 is 5.78 Å². The van der Waals surface area contributed by atoms with Gasteiger partial charge >= 0.3 is 0 Å². The molecule has 0 amide bonds. The van der Waals surface area contributed by atoms with E-state index in [9.17, 15) is 9.18 Å². The fraction of sp³-hybridized carbons (Fsp3) is 0.364. The van der Waals surface area contributed by atoms with Gasteiger partial charge < -0.3 is 4.74 Å². The van der Waals surface area contributed by atoms with Crippen LogP contribution in [0.4, 0.5) is 4.39 Å². The van der Waals surface area contributed by atoms with Crippen molar-refractivity contribution in [1.29, 1.82) is 0 Å². The third-order valence-corrected chi connectivity index (χ3v) is 2.39. The highest BCUT2D eigenvalue weighted by Crippen LogP contribution is 2.33. The molecule has 1 aromatic rings. The maximum atomic E-state index is 13.4. The number of methoxy groups -OCH3 is 1. The summed E-state index contributed by atoms with van der Waals surface area (Å²) < 4.78 is 18.2. The molecule has 1 saturated carbocycles. The van der Waals surface area contributed by atoms with Gasteiger partial charge in [0.1, 0.15) is 11.6 Å². The number of rotatable bonds is 3. The van der Waals surface area contributed by atoms with Crippen molar-refractivity contribution < 1.29 is 13.9 Å². The highest BCUT2D eigenvalue weighted by molar-refractivity contribution is 5.99. The topological polar surface area (TPSA) is 26.3 Å². The lowest BCUT2D eigenvalue weighted by molar-refractivity contribution is 0.0963. The van der Waals surface area contributed by atoms with Crippen LogP contribution in [0.1, 0.15) is 23.2 Å². The first-order chi connectivity index (χ1) is 6.72. The Hall–Kier alpha value is -1.38. The van der Waals surface area contributed by atoms with E-state index >= 15 is 0 Å². The van der Waals surface area contributed by atoms with Gasteiger partial charge in [0.05, 0.1) is 12.7 Å². The summed E-state index contributed by atoms with van der Waals surface area (Å²) >= 11 is 0. The van der Waals surface area contributed by atoms with E-state index in [0.717, 1.165) is 12.8 Å². The zero-order valence-electron chi connectivity index (χ0n) is 7.92. The number of hydrogen-bond acceptors (Lipinski definition) is 2. The Morgan fingerprint density at radius 3 is 2.71 bits per heavy atom. The molecule has 74 valence electrons. The molecule has 0 heterocycles. The van der Waals surface area contributed by atoms with Crippen LogP contribution in [0.25, 0.3) is 0 Å². The van der Waals surface area contributed by atoms with Crippen molar-refractivity contribution in [2.75, 3.05) is 7.11 Å². The molecule has 0 saturated heterocycles. The van der Waals surface area contributed by atoms with Gasteiger partial charge in [-0.15, -0.1) is 0 Å². The molecule has 0 aromatic heterocycles. The van der Waals surface area contributed by atoms with Crippen LogP contribution in [0.15, 0.2) is 18.2 Å². The van der Waals surface area contributed by atoms with Gasteiger partial charge in [-0.1, -0.05) is 0 Å². The minimum atomic E-state index is -0.485. The Labute approximate surface area is 81.7 Å². The normalized spacial score (nSPS) is 15.3. The van der Waals surface area contributed by atoms with E-state index in [1.54, 1.807) is 6.07 Å². The predicted molar refractivity (Wildman–Crippen MR) is 50.0 cm³/mol. The van der Waals surface area contributed by atoms with Gasteiger partial charge in [-0.3, -0.25) is 4.79 Å². The lowest BCUT2D eigenvalue weighted by atomic mass is 10.1. The maximum absolute atomic E-state index is 13.4. The zero-order valence-corrected chi connectivity index (χ0v) is 7.92. The SMILES string of the molecule is COc1ccc(C(=O)C2CC2)c(F)c1. The lowest BCUT2D eigenvalue weighted by Gasteiger charge is -2.03. The molecular weight excluding hydrogens is 183 g/mol. The smallest absolute Gasteiger partial charge is 0.168 e. The molecule has 14 heavy (non-hydrogen) atoms. The van der Waals surface area contributed by atoms with Gasteiger partial charge in [-0.25, -0.2) is 4.39 Å². The summed E-state index contributed by atoms with van der Waals surface area (Å²) in [4.78, 5) is 11.5. The van der Waals surface area contributed by atoms with Crippen molar-refractivity contribution in [2.24, 2.45) is 5.92 Å². The first-order valence-corrected chi connectivity index (χ1v) is 4.60.